The molecule has 2 rings (SSSR count). The smallest absolute Gasteiger partial charge is 0.271 e. The molecule has 1 N–H and O–H groups in total. The van der Waals surface area contributed by atoms with Gasteiger partial charge in [0.2, 0.25) is 5.82 Å². The van der Waals surface area contributed by atoms with E-state index in [-0.39, 0.29) is 17.4 Å². The quantitative estimate of drug-likeness (QED) is 0.684. The van der Waals surface area contributed by atoms with Crippen molar-refractivity contribution in [2.75, 3.05) is 0 Å². The number of hydrogen-bond acceptors (Lipinski definition) is 6. The van der Waals surface area contributed by atoms with Crippen molar-refractivity contribution in [3.05, 3.63) is 38.6 Å². The van der Waals surface area contributed by atoms with Gasteiger partial charge in [-0.05, 0) is 12.5 Å². The summed E-state index contributed by atoms with van der Waals surface area (Å²) in [6.45, 7) is 1.78. The highest BCUT2D eigenvalue weighted by molar-refractivity contribution is 9.10. The summed E-state index contributed by atoms with van der Waals surface area (Å²) in [6.07, 6.45) is -0.350. The highest BCUT2D eigenvalue weighted by Gasteiger charge is 2.17. The Bertz CT molecular complexity index is 614. The number of non-ortho nitro benzene ring substituents is 1. The summed E-state index contributed by atoms with van der Waals surface area (Å²) in [5.74, 6) is 0.298. The fraction of sp³-hybridized carbons (Fsp3) is 0.273. The highest BCUT2D eigenvalue weighted by Crippen LogP contribution is 2.28. The minimum atomic E-state index is -0.806. The molecule has 0 aliphatic rings. The van der Waals surface area contributed by atoms with E-state index in [1.54, 1.807) is 13.0 Å². The molecule has 19 heavy (non-hydrogen) atoms. The van der Waals surface area contributed by atoms with Crippen LogP contribution in [0.4, 0.5) is 5.69 Å². The van der Waals surface area contributed by atoms with Crippen LogP contribution in [0.15, 0.2) is 27.2 Å². The molecule has 0 bridgehead atoms. The zero-order chi connectivity index (χ0) is 14.0. The molecule has 0 aliphatic carbocycles. The van der Waals surface area contributed by atoms with E-state index in [0.29, 0.717) is 16.5 Å². The molecule has 1 aromatic carbocycles. The second-order valence-electron chi connectivity index (χ2n) is 3.84. The van der Waals surface area contributed by atoms with Gasteiger partial charge in [-0.15, -0.1) is 0 Å². The fourth-order valence-corrected chi connectivity index (χ4v) is 1.95. The van der Waals surface area contributed by atoms with Crippen LogP contribution in [0.5, 0.6) is 0 Å². The van der Waals surface area contributed by atoms with E-state index in [4.69, 9.17) is 4.52 Å². The molecule has 0 radical (unpaired) electrons. The van der Waals surface area contributed by atoms with Crippen molar-refractivity contribution in [1.82, 2.24) is 10.1 Å². The number of hydrogen-bond donors (Lipinski definition) is 1. The van der Waals surface area contributed by atoms with Crippen molar-refractivity contribution in [1.29, 1.82) is 0 Å². The molecule has 8 heteroatoms. The van der Waals surface area contributed by atoms with E-state index in [1.807, 2.05) is 0 Å². The third-order valence-corrected chi connectivity index (χ3v) is 2.92. The van der Waals surface area contributed by atoms with Gasteiger partial charge in [0, 0.05) is 22.2 Å². The summed E-state index contributed by atoms with van der Waals surface area (Å²) in [7, 11) is 0. The summed E-state index contributed by atoms with van der Waals surface area (Å²) < 4.78 is 5.53. The number of rotatable bonds is 4. The molecule has 0 spiro atoms. The average molecular weight is 328 g/mol. The van der Waals surface area contributed by atoms with Gasteiger partial charge in [0.15, 0.2) is 0 Å². The lowest BCUT2D eigenvalue weighted by atomic mass is 10.2. The molecule has 1 aromatic heterocycles. The summed E-state index contributed by atoms with van der Waals surface area (Å²) in [5.41, 5.74) is 0.336. The molecule has 1 heterocycles. The van der Waals surface area contributed by atoms with Crippen LogP contribution in [0.2, 0.25) is 0 Å². The van der Waals surface area contributed by atoms with E-state index in [2.05, 4.69) is 26.1 Å². The normalized spacial score (nSPS) is 12.4. The molecule has 7 nitrogen and oxygen atoms in total. The van der Waals surface area contributed by atoms with Crippen LogP contribution >= 0.6 is 15.9 Å². The SMILES string of the molecule is CCC(O)c1noc(-c2cc(Br)cc([N+](=O)[O-])c2)n1. The van der Waals surface area contributed by atoms with Crippen molar-refractivity contribution < 1.29 is 14.6 Å². The van der Waals surface area contributed by atoms with Gasteiger partial charge in [-0.2, -0.15) is 4.98 Å². The number of aliphatic hydroxyl groups excluding tert-OH is 1. The summed E-state index contributed by atoms with van der Waals surface area (Å²) >= 11 is 3.18. The van der Waals surface area contributed by atoms with Gasteiger partial charge in [0.1, 0.15) is 6.10 Å². The Labute approximate surface area is 116 Å². The molecule has 100 valence electrons. The number of aliphatic hydroxyl groups is 1. The molecule has 1 unspecified atom stereocenters. The van der Waals surface area contributed by atoms with Crippen molar-refractivity contribution in [2.24, 2.45) is 0 Å². The van der Waals surface area contributed by atoms with Crippen LogP contribution in [0.1, 0.15) is 25.3 Å². The van der Waals surface area contributed by atoms with E-state index in [9.17, 15) is 15.2 Å². The van der Waals surface area contributed by atoms with Crippen molar-refractivity contribution >= 4 is 21.6 Å². The van der Waals surface area contributed by atoms with Crippen LogP contribution < -0.4 is 0 Å². The zero-order valence-electron chi connectivity index (χ0n) is 9.91. The summed E-state index contributed by atoms with van der Waals surface area (Å²) in [5, 5.41) is 24.0. The Morgan fingerprint density at radius 2 is 2.26 bits per heavy atom. The zero-order valence-corrected chi connectivity index (χ0v) is 11.5. The predicted molar refractivity (Wildman–Crippen MR) is 69.3 cm³/mol. The first kappa shape index (κ1) is 13.6. The number of aromatic nitrogens is 2. The Morgan fingerprint density at radius 1 is 1.53 bits per heavy atom. The van der Waals surface area contributed by atoms with Gasteiger partial charge in [-0.3, -0.25) is 10.1 Å². The number of nitrogens with zero attached hydrogens (tertiary/aromatic N) is 3. The van der Waals surface area contributed by atoms with Crippen molar-refractivity contribution in [3.63, 3.8) is 0 Å². The minimum Gasteiger partial charge on any atom is -0.385 e. The van der Waals surface area contributed by atoms with E-state index in [1.165, 1.54) is 12.1 Å². The van der Waals surface area contributed by atoms with Gasteiger partial charge in [0.25, 0.3) is 11.6 Å². The molecule has 0 aliphatic heterocycles. The minimum absolute atomic E-state index is 0.0832. The molecule has 0 saturated heterocycles. The molecule has 1 atom stereocenters. The topological polar surface area (TPSA) is 102 Å². The van der Waals surface area contributed by atoms with Crippen LogP contribution in [-0.4, -0.2) is 20.2 Å². The van der Waals surface area contributed by atoms with Crippen molar-refractivity contribution in [2.45, 2.75) is 19.4 Å². The number of nitro groups is 1. The maximum absolute atomic E-state index is 10.8. The van der Waals surface area contributed by atoms with Crippen LogP contribution in [-0.2, 0) is 0 Å². The van der Waals surface area contributed by atoms with E-state index < -0.39 is 11.0 Å². The second-order valence-corrected chi connectivity index (χ2v) is 4.75. The predicted octanol–water partition coefficient (Wildman–Crippen LogP) is 2.85. The third-order valence-electron chi connectivity index (χ3n) is 2.47. The largest absolute Gasteiger partial charge is 0.385 e. The molecule has 2 aromatic rings. The van der Waals surface area contributed by atoms with Crippen LogP contribution in [0.25, 0.3) is 11.5 Å². The van der Waals surface area contributed by atoms with Gasteiger partial charge >= 0.3 is 0 Å². The maximum Gasteiger partial charge on any atom is 0.271 e. The average Bonchev–Trinajstić information content (AvgIpc) is 2.86. The maximum atomic E-state index is 10.8. The Hall–Kier alpha value is -1.80. The van der Waals surface area contributed by atoms with Gasteiger partial charge in [-0.1, -0.05) is 28.0 Å². The fourth-order valence-electron chi connectivity index (χ4n) is 1.47. The summed E-state index contributed by atoms with van der Waals surface area (Å²) in [4.78, 5) is 14.3. The second kappa shape index (κ2) is 5.45. The third kappa shape index (κ3) is 2.96. The van der Waals surface area contributed by atoms with Gasteiger partial charge in [0.05, 0.1) is 4.92 Å². The van der Waals surface area contributed by atoms with Crippen molar-refractivity contribution in [3.8, 4) is 11.5 Å². The summed E-state index contributed by atoms with van der Waals surface area (Å²) in [6, 6.07) is 4.34. The lowest BCUT2D eigenvalue weighted by Crippen LogP contribution is -1.97. The Kier molecular flexibility index (Phi) is 3.91. The molecule has 0 saturated carbocycles. The van der Waals surface area contributed by atoms with Crippen LogP contribution in [0.3, 0.4) is 0 Å². The van der Waals surface area contributed by atoms with E-state index in [0.717, 1.165) is 0 Å². The number of halogens is 1. The first-order chi connectivity index (χ1) is 9.01. The Morgan fingerprint density at radius 3 is 2.89 bits per heavy atom. The highest BCUT2D eigenvalue weighted by atomic mass is 79.9. The number of benzene rings is 1. The first-order valence-corrected chi connectivity index (χ1v) is 6.27. The lowest BCUT2D eigenvalue weighted by molar-refractivity contribution is -0.384. The molecule has 0 amide bonds. The van der Waals surface area contributed by atoms with Gasteiger partial charge < -0.3 is 9.63 Å². The molecule has 0 fully saturated rings. The first-order valence-electron chi connectivity index (χ1n) is 5.48. The number of nitro benzene ring substituents is 1. The van der Waals surface area contributed by atoms with Crippen LogP contribution in [0, 0.1) is 10.1 Å². The lowest BCUT2D eigenvalue weighted by Gasteiger charge is -1.99. The van der Waals surface area contributed by atoms with Gasteiger partial charge in [-0.25, -0.2) is 0 Å². The standard InChI is InChI=1S/C11H10BrN3O4/c1-2-9(16)10-13-11(19-14-10)6-3-7(12)5-8(4-6)15(17)18/h3-5,9,16H,2H2,1H3. The Balaban J connectivity index is 2.41. The molecular formula is C11H10BrN3O4. The monoisotopic (exact) mass is 327 g/mol. The molecular weight excluding hydrogens is 318 g/mol. The van der Waals surface area contributed by atoms with E-state index >= 15 is 0 Å².